The van der Waals surface area contributed by atoms with Crippen LogP contribution in [0.5, 0.6) is 0 Å². The van der Waals surface area contributed by atoms with E-state index < -0.39 is 26.3 Å². The van der Waals surface area contributed by atoms with Crippen LogP contribution in [-0.4, -0.2) is 87.4 Å². The normalized spacial score (nSPS) is 21.1. The van der Waals surface area contributed by atoms with Crippen molar-refractivity contribution in [1.82, 2.24) is 18.2 Å². The largest absolute Gasteiger partial charge is 0.338 e. The second kappa shape index (κ2) is 9.46. The average Bonchev–Trinajstić information content (AvgIpc) is 3.02. The van der Waals surface area contributed by atoms with Crippen LogP contribution in [0.4, 0.5) is 0 Å². The lowest BCUT2D eigenvalue weighted by molar-refractivity contribution is -0.134. The van der Waals surface area contributed by atoms with Crippen molar-refractivity contribution in [2.45, 2.75) is 38.6 Å². The Labute approximate surface area is 190 Å². The summed E-state index contributed by atoms with van der Waals surface area (Å²) in [7, 11) is -7.25. The average molecular weight is 486 g/mol. The maximum atomic E-state index is 13.3. The Bertz CT molecular complexity index is 1090. The van der Waals surface area contributed by atoms with Crippen molar-refractivity contribution in [2.24, 2.45) is 10.9 Å². The molecule has 0 radical (unpaired) electrons. The predicted molar refractivity (Wildman–Crippen MR) is 122 cm³/mol. The van der Waals surface area contributed by atoms with E-state index in [1.165, 1.54) is 14.7 Å². The summed E-state index contributed by atoms with van der Waals surface area (Å²) in [6.07, 6.45) is 0. The highest BCUT2D eigenvalue weighted by Gasteiger charge is 2.36. The Kier molecular flexibility index (Phi) is 7.28. The molecule has 1 atom stereocenters. The summed E-state index contributed by atoms with van der Waals surface area (Å²) >= 11 is 0. The number of benzene rings is 1. The zero-order valence-corrected chi connectivity index (χ0v) is 20.5. The topological polar surface area (TPSA) is 119 Å². The molecule has 2 heterocycles. The van der Waals surface area contributed by atoms with Crippen molar-refractivity contribution < 1.29 is 21.6 Å². The summed E-state index contributed by atoms with van der Waals surface area (Å²) in [6.45, 7) is 9.01. The fraction of sp³-hybridized carbons (Fsp3) is 0.600. The van der Waals surface area contributed by atoms with Crippen LogP contribution >= 0.6 is 0 Å². The zero-order valence-electron chi connectivity index (χ0n) is 18.9. The molecule has 0 spiro atoms. The molecule has 1 saturated heterocycles. The van der Waals surface area contributed by atoms with Gasteiger partial charge in [-0.15, -0.1) is 0 Å². The van der Waals surface area contributed by atoms with Crippen LogP contribution in [0, 0.1) is 5.92 Å². The minimum Gasteiger partial charge on any atom is -0.338 e. The monoisotopic (exact) mass is 485 g/mol. The second-order valence-corrected chi connectivity index (χ2v) is 11.7. The summed E-state index contributed by atoms with van der Waals surface area (Å²) < 4.78 is 55.5. The number of carbonyl (C=O) groups is 1. The first-order chi connectivity index (χ1) is 15.0. The fourth-order valence-corrected chi connectivity index (χ4v) is 6.74. The molecule has 0 aliphatic carbocycles. The number of sulfonamides is 1. The number of hydrogen-bond donors (Lipinski definition) is 1. The van der Waals surface area contributed by atoms with Crippen molar-refractivity contribution in [3.05, 3.63) is 29.8 Å². The second-order valence-electron chi connectivity index (χ2n) is 8.08. The third kappa shape index (κ3) is 4.68. The summed E-state index contributed by atoms with van der Waals surface area (Å²) in [5.74, 6) is -0.254. The minimum absolute atomic E-state index is 0.143. The third-order valence-electron chi connectivity index (χ3n) is 5.72. The number of hydrogen-bond acceptors (Lipinski definition) is 6. The number of amides is 1. The maximum Gasteiger partial charge on any atom is 0.282 e. The van der Waals surface area contributed by atoms with Gasteiger partial charge in [0, 0.05) is 44.8 Å². The third-order valence-corrected chi connectivity index (χ3v) is 9.31. The number of rotatable bonds is 7. The number of fused-ring (bicyclic) bond motifs is 1. The molecule has 3 rings (SSSR count). The van der Waals surface area contributed by atoms with Crippen LogP contribution in [0.15, 0.2) is 34.2 Å². The lowest BCUT2D eigenvalue weighted by Crippen LogP contribution is -2.56. The van der Waals surface area contributed by atoms with Crippen LogP contribution in [0.3, 0.4) is 0 Å². The number of carbonyl (C=O) groups excluding carboxylic acids is 1. The van der Waals surface area contributed by atoms with Gasteiger partial charge >= 0.3 is 0 Å². The number of amidine groups is 1. The minimum atomic E-state index is -3.70. The molecule has 1 amide bonds. The molecule has 32 heavy (non-hydrogen) atoms. The van der Waals surface area contributed by atoms with Crippen LogP contribution in [0.1, 0.15) is 33.3 Å². The Morgan fingerprint density at radius 1 is 1.12 bits per heavy atom. The van der Waals surface area contributed by atoms with Gasteiger partial charge < -0.3 is 4.90 Å². The van der Waals surface area contributed by atoms with Gasteiger partial charge in [0.2, 0.25) is 5.91 Å². The van der Waals surface area contributed by atoms with Crippen LogP contribution < -0.4 is 4.72 Å². The highest BCUT2D eigenvalue weighted by atomic mass is 32.2. The van der Waals surface area contributed by atoms with Crippen LogP contribution in [-0.2, 0) is 25.0 Å². The van der Waals surface area contributed by atoms with E-state index in [4.69, 9.17) is 0 Å². The molecular weight excluding hydrogens is 454 g/mol. The molecular formula is C20H31N5O5S2. The molecule has 0 unspecified atom stereocenters. The number of nitrogens with zero attached hydrogens (tertiary/aromatic N) is 4. The summed E-state index contributed by atoms with van der Waals surface area (Å²) in [4.78, 5) is 19.5. The molecule has 1 aromatic rings. The smallest absolute Gasteiger partial charge is 0.282 e. The van der Waals surface area contributed by atoms with Crippen molar-refractivity contribution in [3.63, 3.8) is 0 Å². The van der Waals surface area contributed by atoms with Gasteiger partial charge in [0.1, 0.15) is 11.9 Å². The van der Waals surface area contributed by atoms with Crippen LogP contribution in [0.2, 0.25) is 0 Å². The van der Waals surface area contributed by atoms with Crippen molar-refractivity contribution in [3.8, 4) is 0 Å². The van der Waals surface area contributed by atoms with Gasteiger partial charge in [0.15, 0.2) is 0 Å². The molecule has 178 valence electrons. The predicted octanol–water partition coefficient (Wildman–Crippen LogP) is 0.481. The quantitative estimate of drug-likeness (QED) is 0.602. The first kappa shape index (κ1) is 24.6. The number of piperazine rings is 1. The van der Waals surface area contributed by atoms with Crippen molar-refractivity contribution in [2.75, 3.05) is 39.3 Å². The van der Waals surface area contributed by atoms with E-state index in [0.717, 1.165) is 0 Å². The molecule has 10 nitrogen and oxygen atoms in total. The fourth-order valence-electron chi connectivity index (χ4n) is 3.90. The highest BCUT2D eigenvalue weighted by molar-refractivity contribution is 7.90. The molecule has 1 N–H and O–H groups in total. The van der Waals surface area contributed by atoms with E-state index in [1.807, 2.05) is 13.8 Å². The molecule has 1 fully saturated rings. The molecule has 1 aromatic carbocycles. The van der Waals surface area contributed by atoms with Gasteiger partial charge in [-0.2, -0.15) is 17.0 Å². The summed E-state index contributed by atoms with van der Waals surface area (Å²) in [6, 6.07) is 5.73. The van der Waals surface area contributed by atoms with Gasteiger partial charge in [-0.05, 0) is 18.1 Å². The van der Waals surface area contributed by atoms with E-state index in [0.29, 0.717) is 18.7 Å². The molecule has 0 aromatic heterocycles. The summed E-state index contributed by atoms with van der Waals surface area (Å²) in [5, 5.41) is 0. The lowest BCUT2D eigenvalue weighted by atomic mass is 10.0. The molecule has 12 heteroatoms. The van der Waals surface area contributed by atoms with Gasteiger partial charge in [0.25, 0.3) is 20.2 Å². The van der Waals surface area contributed by atoms with E-state index in [-0.39, 0.29) is 48.7 Å². The molecule has 0 bridgehead atoms. The molecule has 2 aliphatic heterocycles. The van der Waals surface area contributed by atoms with Crippen LogP contribution in [0.25, 0.3) is 0 Å². The standard InChI is InChI=1S/C20H31N5O5S2/c1-5-24(6-2)32(29,30)25-13-11-23(12-14-25)20(26)18(15(3)4)21-19-16-9-7-8-10-17(16)31(27,28)22-19/h7-10,15,18H,5-6,11-14H2,1-4H3,(H,21,22)/t18-/m0/s1. The first-order valence-electron chi connectivity index (χ1n) is 10.8. The van der Waals surface area contributed by atoms with Gasteiger partial charge in [-0.25, -0.2) is 8.42 Å². The zero-order chi connectivity index (χ0) is 23.7. The molecule has 0 saturated carbocycles. The number of nitrogens with one attached hydrogen (secondary N) is 1. The first-order valence-corrected chi connectivity index (χ1v) is 13.6. The molecule has 2 aliphatic rings. The van der Waals surface area contributed by atoms with E-state index >= 15 is 0 Å². The van der Waals surface area contributed by atoms with Crippen molar-refractivity contribution in [1.29, 1.82) is 0 Å². The number of aliphatic imine (C=N–C) groups is 1. The Morgan fingerprint density at radius 2 is 1.72 bits per heavy atom. The lowest BCUT2D eigenvalue weighted by Gasteiger charge is -2.37. The summed E-state index contributed by atoms with van der Waals surface area (Å²) in [5.41, 5.74) is 0.445. The Balaban J connectivity index is 1.78. The van der Waals surface area contributed by atoms with Gasteiger partial charge in [-0.3, -0.25) is 14.5 Å². The Hall–Kier alpha value is -2.02. The highest BCUT2D eigenvalue weighted by Crippen LogP contribution is 2.24. The van der Waals surface area contributed by atoms with Crippen molar-refractivity contribution >= 4 is 32.0 Å². The van der Waals surface area contributed by atoms with E-state index in [1.54, 1.807) is 36.9 Å². The van der Waals surface area contributed by atoms with E-state index in [9.17, 15) is 21.6 Å². The van der Waals surface area contributed by atoms with E-state index in [2.05, 4.69) is 9.71 Å². The maximum absolute atomic E-state index is 13.3. The van der Waals surface area contributed by atoms with Gasteiger partial charge in [-0.1, -0.05) is 39.8 Å². The SMILES string of the molecule is CCN(CC)S(=O)(=O)N1CCN(C(=O)[C@@H](N=C2NS(=O)(=O)c3ccccc32)C(C)C)CC1. The Morgan fingerprint density at radius 3 is 2.28 bits per heavy atom. The van der Waals surface area contributed by atoms with Gasteiger partial charge in [0.05, 0.1) is 4.90 Å².